The van der Waals surface area contributed by atoms with Crippen molar-refractivity contribution in [3.05, 3.63) is 24.3 Å². The van der Waals surface area contributed by atoms with Crippen LogP contribution < -0.4 is 5.32 Å². The number of nitrogens with zero attached hydrogens (tertiary/aromatic N) is 3. The maximum Gasteiger partial charge on any atom is 0.409 e. The van der Waals surface area contributed by atoms with E-state index < -0.39 is 0 Å². The van der Waals surface area contributed by atoms with Gasteiger partial charge in [-0.25, -0.2) is 14.8 Å². The zero-order chi connectivity index (χ0) is 13.5. The number of ether oxygens (including phenoxy) is 1. The number of likely N-dealkylation sites (tertiary alicyclic amines) is 1. The van der Waals surface area contributed by atoms with Crippen LogP contribution in [0.4, 0.5) is 4.79 Å². The van der Waals surface area contributed by atoms with Crippen molar-refractivity contribution in [3.63, 3.8) is 0 Å². The van der Waals surface area contributed by atoms with Crippen molar-refractivity contribution >= 4 is 6.09 Å². The third kappa shape index (κ3) is 4.17. The van der Waals surface area contributed by atoms with Crippen molar-refractivity contribution < 1.29 is 9.53 Å². The number of aromatic nitrogens is 2. The van der Waals surface area contributed by atoms with Gasteiger partial charge in [-0.1, -0.05) is 0 Å². The minimum absolute atomic E-state index is 0.202. The lowest BCUT2D eigenvalue weighted by molar-refractivity contribution is 0.0949. The molecule has 1 aromatic heterocycles. The van der Waals surface area contributed by atoms with E-state index in [1.807, 2.05) is 6.92 Å². The molecule has 0 bridgehead atoms. The molecule has 1 aliphatic heterocycles. The molecule has 1 amide bonds. The van der Waals surface area contributed by atoms with E-state index in [0.717, 1.165) is 31.8 Å². The van der Waals surface area contributed by atoms with E-state index in [-0.39, 0.29) is 6.09 Å². The highest BCUT2D eigenvalue weighted by Crippen LogP contribution is 2.11. The number of rotatable bonds is 4. The molecule has 19 heavy (non-hydrogen) atoms. The highest BCUT2D eigenvalue weighted by atomic mass is 16.6. The van der Waals surface area contributed by atoms with Crippen LogP contribution in [0.3, 0.4) is 0 Å². The van der Waals surface area contributed by atoms with Gasteiger partial charge in [0.25, 0.3) is 0 Å². The number of piperidine rings is 1. The summed E-state index contributed by atoms with van der Waals surface area (Å²) in [6, 6.07) is 2.22. The van der Waals surface area contributed by atoms with Crippen LogP contribution in [0, 0.1) is 0 Å². The molecule has 0 aromatic carbocycles. The van der Waals surface area contributed by atoms with Crippen molar-refractivity contribution in [1.29, 1.82) is 0 Å². The molecule has 0 atom stereocenters. The second-order valence-electron chi connectivity index (χ2n) is 4.51. The monoisotopic (exact) mass is 264 g/mol. The fourth-order valence-electron chi connectivity index (χ4n) is 2.14. The summed E-state index contributed by atoms with van der Waals surface area (Å²) in [5, 5.41) is 3.43. The topological polar surface area (TPSA) is 67.3 Å². The lowest BCUT2D eigenvalue weighted by atomic mass is 10.1. The Morgan fingerprint density at radius 2 is 2.11 bits per heavy atom. The van der Waals surface area contributed by atoms with Crippen LogP contribution in [0.1, 0.15) is 25.6 Å². The predicted octanol–water partition coefficient (Wildman–Crippen LogP) is 1.19. The Labute approximate surface area is 113 Å². The Bertz CT molecular complexity index is 391. The molecule has 6 heteroatoms. The van der Waals surface area contributed by atoms with Crippen LogP contribution in [0.5, 0.6) is 0 Å². The Morgan fingerprint density at radius 1 is 1.42 bits per heavy atom. The van der Waals surface area contributed by atoms with Gasteiger partial charge in [0.1, 0.15) is 5.82 Å². The number of hydrogen-bond acceptors (Lipinski definition) is 5. The lowest BCUT2D eigenvalue weighted by Crippen LogP contribution is -2.45. The van der Waals surface area contributed by atoms with Gasteiger partial charge in [0, 0.05) is 31.5 Å². The van der Waals surface area contributed by atoms with Gasteiger partial charge in [-0.2, -0.15) is 0 Å². The molecule has 6 nitrogen and oxygen atoms in total. The largest absolute Gasteiger partial charge is 0.450 e. The molecule has 2 rings (SSSR count). The zero-order valence-corrected chi connectivity index (χ0v) is 11.2. The Balaban J connectivity index is 1.70. The first kappa shape index (κ1) is 13.7. The lowest BCUT2D eigenvalue weighted by Gasteiger charge is -2.31. The van der Waals surface area contributed by atoms with Crippen LogP contribution >= 0.6 is 0 Å². The number of hydrogen-bond donors (Lipinski definition) is 1. The molecule has 0 saturated carbocycles. The predicted molar refractivity (Wildman–Crippen MR) is 70.5 cm³/mol. The van der Waals surface area contributed by atoms with E-state index >= 15 is 0 Å². The number of amides is 1. The molecule has 0 spiro atoms. The van der Waals surface area contributed by atoms with E-state index in [1.165, 1.54) is 0 Å². The summed E-state index contributed by atoms with van der Waals surface area (Å²) in [5.74, 6) is 0.801. The standard InChI is InChI=1S/C13H20N4O2/c1-2-19-13(18)17-8-4-11(5-9-17)16-10-12-14-6-3-7-15-12/h3,6-7,11,16H,2,4-5,8-10H2,1H3. The third-order valence-corrected chi connectivity index (χ3v) is 3.19. The fraction of sp³-hybridized carbons (Fsp3) is 0.615. The minimum Gasteiger partial charge on any atom is -0.450 e. The first-order chi connectivity index (χ1) is 9.29. The number of carbonyl (C=O) groups is 1. The average Bonchev–Trinajstić information content (AvgIpc) is 2.47. The van der Waals surface area contributed by atoms with E-state index in [4.69, 9.17) is 4.74 Å². The molecule has 104 valence electrons. The average molecular weight is 264 g/mol. The summed E-state index contributed by atoms with van der Waals surface area (Å²) in [6.45, 7) is 4.41. The maximum atomic E-state index is 11.5. The van der Waals surface area contributed by atoms with Crippen LogP contribution in [-0.2, 0) is 11.3 Å². The van der Waals surface area contributed by atoms with Crippen molar-refractivity contribution in [2.24, 2.45) is 0 Å². The van der Waals surface area contributed by atoms with Crippen LogP contribution in [0.25, 0.3) is 0 Å². The van der Waals surface area contributed by atoms with Gasteiger partial charge in [0.05, 0.1) is 13.2 Å². The highest BCUT2D eigenvalue weighted by molar-refractivity contribution is 5.67. The molecule has 1 N–H and O–H groups in total. The van der Waals surface area contributed by atoms with Crippen molar-refractivity contribution in [2.75, 3.05) is 19.7 Å². The van der Waals surface area contributed by atoms with Crippen molar-refractivity contribution in [2.45, 2.75) is 32.4 Å². The van der Waals surface area contributed by atoms with Crippen LogP contribution in [-0.4, -0.2) is 46.7 Å². The summed E-state index contributed by atoms with van der Waals surface area (Å²) in [7, 11) is 0. The summed E-state index contributed by atoms with van der Waals surface area (Å²) in [5.41, 5.74) is 0. The van der Waals surface area contributed by atoms with Gasteiger partial charge in [0.2, 0.25) is 0 Å². The van der Waals surface area contributed by atoms with Gasteiger partial charge in [0.15, 0.2) is 0 Å². The van der Waals surface area contributed by atoms with Crippen molar-refractivity contribution in [3.8, 4) is 0 Å². The van der Waals surface area contributed by atoms with Crippen LogP contribution in [0.2, 0.25) is 0 Å². The van der Waals surface area contributed by atoms with Crippen molar-refractivity contribution in [1.82, 2.24) is 20.2 Å². The second-order valence-corrected chi connectivity index (χ2v) is 4.51. The molecular weight excluding hydrogens is 244 g/mol. The quantitative estimate of drug-likeness (QED) is 0.884. The summed E-state index contributed by atoms with van der Waals surface area (Å²) in [4.78, 5) is 21.7. The molecule has 1 aliphatic rings. The number of carbonyl (C=O) groups excluding carboxylic acids is 1. The van der Waals surface area contributed by atoms with Gasteiger partial charge in [-0.15, -0.1) is 0 Å². The third-order valence-electron chi connectivity index (χ3n) is 3.19. The van der Waals surface area contributed by atoms with Gasteiger partial charge < -0.3 is 15.0 Å². The summed E-state index contributed by atoms with van der Waals surface area (Å²) < 4.78 is 4.99. The number of nitrogens with one attached hydrogen (secondary N) is 1. The summed E-state index contributed by atoms with van der Waals surface area (Å²) >= 11 is 0. The van der Waals surface area contributed by atoms with Gasteiger partial charge in [-0.05, 0) is 25.8 Å². The van der Waals surface area contributed by atoms with Gasteiger partial charge in [-0.3, -0.25) is 0 Å². The van der Waals surface area contributed by atoms with Crippen LogP contribution in [0.15, 0.2) is 18.5 Å². The van der Waals surface area contributed by atoms with E-state index in [1.54, 1.807) is 23.4 Å². The minimum atomic E-state index is -0.202. The smallest absolute Gasteiger partial charge is 0.409 e. The van der Waals surface area contributed by atoms with E-state index in [0.29, 0.717) is 19.2 Å². The Hall–Kier alpha value is -1.69. The molecule has 1 fully saturated rings. The molecule has 0 unspecified atom stereocenters. The SMILES string of the molecule is CCOC(=O)N1CCC(NCc2ncccn2)CC1. The zero-order valence-electron chi connectivity index (χ0n) is 11.2. The normalized spacial score (nSPS) is 16.4. The molecule has 0 aliphatic carbocycles. The second kappa shape index (κ2) is 7.04. The van der Waals surface area contributed by atoms with E-state index in [9.17, 15) is 4.79 Å². The first-order valence-corrected chi connectivity index (χ1v) is 6.70. The van der Waals surface area contributed by atoms with Gasteiger partial charge >= 0.3 is 6.09 Å². The molecule has 0 radical (unpaired) electrons. The fourth-order valence-corrected chi connectivity index (χ4v) is 2.14. The molecular formula is C13H20N4O2. The molecule has 1 saturated heterocycles. The summed E-state index contributed by atoms with van der Waals surface area (Å²) in [6.07, 6.45) is 5.16. The highest BCUT2D eigenvalue weighted by Gasteiger charge is 2.23. The Morgan fingerprint density at radius 3 is 2.74 bits per heavy atom. The Kier molecular flexibility index (Phi) is 5.09. The van der Waals surface area contributed by atoms with E-state index in [2.05, 4.69) is 15.3 Å². The first-order valence-electron chi connectivity index (χ1n) is 6.70. The molecule has 2 heterocycles. The maximum absolute atomic E-state index is 11.5. The molecule has 1 aromatic rings.